The Morgan fingerprint density at radius 1 is 0.892 bits per heavy atom. The van der Waals surface area contributed by atoms with Crippen LogP contribution in [0.25, 0.3) is 21.5 Å². The van der Waals surface area contributed by atoms with E-state index in [1.54, 1.807) is 12.4 Å². The molecule has 0 bridgehead atoms. The second-order valence-electron chi connectivity index (χ2n) is 8.61. The van der Waals surface area contributed by atoms with Crippen molar-refractivity contribution in [3.05, 3.63) is 90.1 Å². The van der Waals surface area contributed by atoms with Crippen LogP contribution in [0.3, 0.4) is 0 Å². The second kappa shape index (κ2) is 12.1. The van der Waals surface area contributed by atoms with Gasteiger partial charge >= 0.3 is 0 Å². The van der Waals surface area contributed by atoms with Crippen molar-refractivity contribution >= 4 is 44.8 Å². The molecule has 8 nitrogen and oxygen atoms in total. The summed E-state index contributed by atoms with van der Waals surface area (Å²) < 4.78 is 5.80. The van der Waals surface area contributed by atoms with Crippen molar-refractivity contribution in [2.45, 2.75) is 13.0 Å². The van der Waals surface area contributed by atoms with Gasteiger partial charge in [0.05, 0.1) is 6.20 Å². The molecule has 0 saturated carbocycles. The highest BCUT2D eigenvalue weighted by Gasteiger charge is 2.14. The Hall–Kier alpha value is -4.32. The van der Waals surface area contributed by atoms with E-state index in [1.165, 1.54) is 6.20 Å². The summed E-state index contributed by atoms with van der Waals surface area (Å²) in [5.41, 5.74) is 0.160. The molecule has 0 spiro atoms. The van der Waals surface area contributed by atoms with E-state index in [1.807, 2.05) is 92.7 Å². The number of nitrogens with one attached hydrogen (secondary N) is 1. The lowest BCUT2D eigenvalue weighted by atomic mass is 10.2. The molecule has 5 aromatic rings. The number of benzene rings is 2. The van der Waals surface area contributed by atoms with Gasteiger partial charge < -0.3 is 15.0 Å². The largest absolute Gasteiger partial charge is 0.471 e. The highest BCUT2D eigenvalue weighted by atomic mass is 35.5. The fraction of sp³-hybridized carbons (Fsp3) is 0.179. The molecule has 37 heavy (non-hydrogen) atoms. The van der Waals surface area contributed by atoms with Crippen LogP contribution in [-0.2, 0) is 0 Å². The van der Waals surface area contributed by atoms with Crippen molar-refractivity contribution < 1.29 is 4.74 Å². The molecular weight excluding hydrogens is 486 g/mol. The van der Waals surface area contributed by atoms with Crippen LogP contribution >= 0.6 is 11.6 Å². The fourth-order valence-corrected chi connectivity index (χ4v) is 3.84. The molecule has 0 radical (unpaired) electrons. The molecule has 3 aromatic heterocycles. The zero-order valence-corrected chi connectivity index (χ0v) is 21.5. The van der Waals surface area contributed by atoms with Crippen LogP contribution in [0.2, 0.25) is 5.15 Å². The van der Waals surface area contributed by atoms with Gasteiger partial charge in [-0.3, -0.25) is 0 Å². The predicted molar refractivity (Wildman–Crippen MR) is 147 cm³/mol. The minimum atomic E-state index is -0.125. The predicted octanol–water partition coefficient (Wildman–Crippen LogP) is 5.86. The van der Waals surface area contributed by atoms with E-state index in [2.05, 4.69) is 25.3 Å². The summed E-state index contributed by atoms with van der Waals surface area (Å²) in [5, 5.41) is 17.3. The van der Waals surface area contributed by atoms with Gasteiger partial charge in [-0.1, -0.05) is 60.1 Å². The van der Waals surface area contributed by atoms with Gasteiger partial charge in [0.2, 0.25) is 5.69 Å². The Kier molecular flexibility index (Phi) is 8.41. The molecule has 186 valence electrons. The summed E-state index contributed by atoms with van der Waals surface area (Å²) in [6, 6.07) is 21.8. The van der Waals surface area contributed by atoms with E-state index in [-0.39, 0.29) is 17.7 Å². The Labute approximate surface area is 220 Å². The molecule has 1 atom stereocenters. The zero-order valence-electron chi connectivity index (χ0n) is 20.8. The maximum absolute atomic E-state index is 9.24. The van der Waals surface area contributed by atoms with Crippen molar-refractivity contribution in [3.63, 3.8) is 0 Å². The number of nitrogens with zero attached hydrogens (tertiary/aromatic N) is 6. The first-order valence-corrected chi connectivity index (χ1v) is 12.0. The quantitative estimate of drug-likeness (QED) is 0.283. The third-order valence-electron chi connectivity index (χ3n) is 5.27. The minimum Gasteiger partial charge on any atom is -0.471 e. The Morgan fingerprint density at radius 3 is 2.16 bits per heavy atom. The Morgan fingerprint density at radius 2 is 1.51 bits per heavy atom. The summed E-state index contributed by atoms with van der Waals surface area (Å²) in [7, 11) is 3.92. The van der Waals surface area contributed by atoms with E-state index >= 15 is 0 Å². The van der Waals surface area contributed by atoms with Crippen LogP contribution in [0.5, 0.6) is 5.88 Å². The number of rotatable bonds is 6. The van der Waals surface area contributed by atoms with E-state index < -0.39 is 0 Å². The van der Waals surface area contributed by atoms with Crippen LogP contribution < -0.4 is 10.1 Å². The van der Waals surface area contributed by atoms with Crippen LogP contribution in [0, 0.1) is 11.3 Å². The van der Waals surface area contributed by atoms with Crippen LogP contribution in [0.15, 0.2) is 79.3 Å². The van der Waals surface area contributed by atoms with Crippen LogP contribution in [-0.4, -0.2) is 51.6 Å². The molecular formula is C28H26ClN7O. The molecule has 0 saturated heterocycles. The van der Waals surface area contributed by atoms with Crippen molar-refractivity contribution in [1.82, 2.24) is 24.8 Å². The van der Waals surface area contributed by atoms with E-state index in [9.17, 15) is 5.26 Å². The lowest BCUT2D eigenvalue weighted by Crippen LogP contribution is -2.28. The number of hydrogen-bond donors (Lipinski definition) is 1. The van der Waals surface area contributed by atoms with Crippen molar-refractivity contribution in [3.8, 4) is 11.9 Å². The average Bonchev–Trinajstić information content (AvgIpc) is 2.88. The smallest absolute Gasteiger partial charge is 0.253 e. The first kappa shape index (κ1) is 25.8. The van der Waals surface area contributed by atoms with Gasteiger partial charge in [-0.2, -0.15) is 10.2 Å². The first-order chi connectivity index (χ1) is 17.9. The lowest BCUT2D eigenvalue weighted by molar-refractivity contribution is 0.169. The number of aromatic nitrogens is 4. The van der Waals surface area contributed by atoms with E-state index in [0.29, 0.717) is 23.3 Å². The fourth-order valence-electron chi connectivity index (χ4n) is 3.67. The third kappa shape index (κ3) is 7.10. The average molecular weight is 512 g/mol. The first-order valence-electron chi connectivity index (χ1n) is 11.6. The van der Waals surface area contributed by atoms with E-state index in [0.717, 1.165) is 21.5 Å². The summed E-state index contributed by atoms with van der Waals surface area (Å²) in [5.74, 6) is 1.33. The van der Waals surface area contributed by atoms with Crippen molar-refractivity contribution in [1.29, 1.82) is 5.26 Å². The van der Waals surface area contributed by atoms with Crippen molar-refractivity contribution in [2.24, 2.45) is 0 Å². The van der Waals surface area contributed by atoms with Gasteiger partial charge in [-0.25, -0.2) is 15.0 Å². The lowest BCUT2D eigenvalue weighted by Gasteiger charge is -2.18. The van der Waals surface area contributed by atoms with Gasteiger partial charge in [-0.05, 0) is 43.9 Å². The van der Waals surface area contributed by atoms with Gasteiger partial charge in [0.1, 0.15) is 23.1 Å². The third-order valence-corrected chi connectivity index (χ3v) is 5.47. The zero-order chi connectivity index (χ0) is 26.2. The molecule has 5 rings (SSSR count). The number of likely N-dealkylation sites (N-methyl/N-ethyl adjacent to an activating group) is 1. The second-order valence-corrected chi connectivity index (χ2v) is 8.99. The molecule has 1 N–H and O–H groups in total. The molecule has 0 aliphatic carbocycles. The van der Waals surface area contributed by atoms with E-state index in [4.69, 9.17) is 16.3 Å². The van der Waals surface area contributed by atoms with Gasteiger partial charge in [0, 0.05) is 29.7 Å². The standard InChI is InChI=1S/C19H20N6O.C9H6ClN/c1-13(12-25(2)3)26-19-16(9-20)21-11-18(24-19)23-17-8-14-6-4-5-7-15(14)10-22-17;10-9-5-7-3-1-2-4-8(7)6-11-9/h4-8,10-11,13H,12H2,1-3H3,(H,22,23,24);1-6H. The molecule has 0 fully saturated rings. The summed E-state index contributed by atoms with van der Waals surface area (Å²) in [4.78, 5) is 18.9. The summed E-state index contributed by atoms with van der Waals surface area (Å²) in [6.07, 6.45) is 4.95. The van der Waals surface area contributed by atoms with Crippen LogP contribution in [0.4, 0.5) is 11.6 Å². The normalized spacial score (nSPS) is 11.5. The number of pyridine rings is 2. The molecule has 3 heterocycles. The SMILES string of the molecule is CC(CN(C)C)Oc1nc(Nc2cc3ccccc3cn2)cnc1C#N.Clc1cc2ccccc2cn1. The van der Waals surface area contributed by atoms with Crippen molar-refractivity contribution in [2.75, 3.05) is 26.0 Å². The number of ether oxygens (including phenoxy) is 1. The molecule has 0 aliphatic heterocycles. The van der Waals surface area contributed by atoms with Gasteiger partial charge in [-0.15, -0.1) is 0 Å². The minimum absolute atomic E-state index is 0.125. The topological polar surface area (TPSA) is 99.9 Å². The molecule has 2 aromatic carbocycles. The molecule has 1 unspecified atom stereocenters. The Bertz CT molecular complexity index is 1550. The number of fused-ring (bicyclic) bond motifs is 2. The van der Waals surface area contributed by atoms with Gasteiger partial charge in [0.25, 0.3) is 5.88 Å². The molecule has 0 aliphatic rings. The van der Waals surface area contributed by atoms with Gasteiger partial charge in [0.15, 0.2) is 5.82 Å². The van der Waals surface area contributed by atoms with Crippen LogP contribution in [0.1, 0.15) is 12.6 Å². The summed E-state index contributed by atoms with van der Waals surface area (Å²) in [6.45, 7) is 2.63. The monoisotopic (exact) mass is 511 g/mol. The number of halogens is 1. The molecule has 9 heteroatoms. The number of nitriles is 1. The maximum atomic E-state index is 9.24. The summed E-state index contributed by atoms with van der Waals surface area (Å²) >= 11 is 5.71. The highest BCUT2D eigenvalue weighted by molar-refractivity contribution is 6.30. The highest BCUT2D eigenvalue weighted by Crippen LogP contribution is 2.22. The Balaban J connectivity index is 0.000000241. The number of hydrogen-bond acceptors (Lipinski definition) is 8. The molecule has 0 amide bonds. The maximum Gasteiger partial charge on any atom is 0.253 e. The number of anilines is 2.